The molecule has 1 aliphatic carbocycles. The second kappa shape index (κ2) is 6.61. The summed E-state index contributed by atoms with van der Waals surface area (Å²) < 4.78 is 10.6. The van der Waals surface area contributed by atoms with E-state index in [1.165, 1.54) is 40.3 Å². The minimum atomic E-state index is -0.132. The first-order valence-corrected chi connectivity index (χ1v) is 8.39. The number of hydrogen-bond donors (Lipinski definition) is 0. The molecule has 0 aliphatic heterocycles. The molecule has 0 atom stereocenters. The Morgan fingerprint density at radius 2 is 2.04 bits per heavy atom. The third kappa shape index (κ3) is 3.34. The van der Waals surface area contributed by atoms with Gasteiger partial charge in [0.15, 0.2) is 0 Å². The van der Waals surface area contributed by atoms with Gasteiger partial charge in [0.25, 0.3) is 0 Å². The summed E-state index contributed by atoms with van der Waals surface area (Å²) in [6, 6.07) is 8.64. The van der Waals surface area contributed by atoms with Gasteiger partial charge in [-0.3, -0.25) is 4.79 Å². The number of ether oxygens (including phenoxy) is 2. The Morgan fingerprint density at radius 3 is 2.70 bits per heavy atom. The Balaban J connectivity index is 1.93. The molecule has 0 N–H and O–H groups in total. The molecule has 2 aromatic carbocycles. The van der Waals surface area contributed by atoms with Crippen LogP contribution in [0, 0.1) is 6.92 Å². The van der Waals surface area contributed by atoms with Gasteiger partial charge in [-0.25, -0.2) is 0 Å². The molecular weight excluding hydrogens is 288 g/mol. The van der Waals surface area contributed by atoms with Gasteiger partial charge in [0, 0.05) is 6.42 Å². The highest BCUT2D eigenvalue weighted by Crippen LogP contribution is 2.47. The second-order valence-electron chi connectivity index (χ2n) is 6.25. The van der Waals surface area contributed by atoms with Crippen molar-refractivity contribution >= 4 is 16.7 Å². The highest BCUT2D eigenvalue weighted by Gasteiger charge is 2.28. The molecule has 0 saturated heterocycles. The SMILES string of the molecule is CCOC(=O)CCc1ccc2c(C3CC3)c(C)c(OC)cc2c1. The van der Waals surface area contributed by atoms with E-state index in [0.717, 1.165) is 5.75 Å². The highest BCUT2D eigenvalue weighted by molar-refractivity contribution is 5.90. The van der Waals surface area contributed by atoms with E-state index in [-0.39, 0.29) is 5.97 Å². The molecule has 3 nitrogen and oxygen atoms in total. The summed E-state index contributed by atoms with van der Waals surface area (Å²) in [4.78, 5) is 11.5. The molecule has 1 saturated carbocycles. The quantitative estimate of drug-likeness (QED) is 0.735. The van der Waals surface area contributed by atoms with Crippen molar-refractivity contribution in [3.63, 3.8) is 0 Å². The van der Waals surface area contributed by atoms with Crippen LogP contribution in [0.15, 0.2) is 24.3 Å². The van der Waals surface area contributed by atoms with Crippen LogP contribution in [-0.2, 0) is 16.0 Å². The van der Waals surface area contributed by atoms with Crippen LogP contribution in [-0.4, -0.2) is 19.7 Å². The van der Waals surface area contributed by atoms with E-state index in [0.29, 0.717) is 25.4 Å². The van der Waals surface area contributed by atoms with E-state index in [9.17, 15) is 4.79 Å². The van der Waals surface area contributed by atoms with Gasteiger partial charge >= 0.3 is 5.97 Å². The maximum atomic E-state index is 11.5. The molecule has 2 aromatic rings. The molecule has 0 spiro atoms. The fourth-order valence-corrected chi connectivity index (χ4v) is 3.31. The van der Waals surface area contributed by atoms with E-state index in [4.69, 9.17) is 9.47 Å². The number of carbonyl (C=O) groups excluding carboxylic acids is 1. The van der Waals surface area contributed by atoms with E-state index in [1.807, 2.05) is 6.92 Å². The molecule has 122 valence electrons. The van der Waals surface area contributed by atoms with Gasteiger partial charge in [0.05, 0.1) is 13.7 Å². The standard InChI is InChI=1S/C20H24O3/c1-4-23-19(21)10-6-14-5-9-17-16(11-14)12-18(22-3)13(2)20(17)15-7-8-15/h5,9,11-12,15H,4,6-8,10H2,1-3H3. The minimum absolute atomic E-state index is 0.132. The summed E-state index contributed by atoms with van der Waals surface area (Å²) in [5.41, 5.74) is 3.87. The normalized spacial score (nSPS) is 14.0. The molecule has 3 rings (SSSR count). The topological polar surface area (TPSA) is 35.5 Å². The lowest BCUT2D eigenvalue weighted by Gasteiger charge is -2.15. The van der Waals surface area contributed by atoms with Crippen molar-refractivity contribution in [3.8, 4) is 5.75 Å². The Kier molecular flexibility index (Phi) is 4.56. The summed E-state index contributed by atoms with van der Waals surface area (Å²) >= 11 is 0. The van der Waals surface area contributed by atoms with Crippen LogP contribution in [0.4, 0.5) is 0 Å². The van der Waals surface area contributed by atoms with Gasteiger partial charge < -0.3 is 9.47 Å². The van der Waals surface area contributed by atoms with E-state index in [1.54, 1.807) is 7.11 Å². The summed E-state index contributed by atoms with van der Waals surface area (Å²) in [6.07, 6.45) is 3.68. The van der Waals surface area contributed by atoms with Crippen molar-refractivity contribution in [2.45, 2.75) is 45.4 Å². The number of carbonyl (C=O) groups is 1. The zero-order chi connectivity index (χ0) is 16.4. The first-order valence-electron chi connectivity index (χ1n) is 8.39. The van der Waals surface area contributed by atoms with Crippen LogP contribution < -0.4 is 4.74 Å². The lowest BCUT2D eigenvalue weighted by Crippen LogP contribution is -2.05. The average molecular weight is 312 g/mol. The number of methoxy groups -OCH3 is 1. The fourth-order valence-electron chi connectivity index (χ4n) is 3.31. The molecule has 1 aliphatic rings. The summed E-state index contributed by atoms with van der Waals surface area (Å²) in [6.45, 7) is 4.43. The van der Waals surface area contributed by atoms with Crippen molar-refractivity contribution in [2.24, 2.45) is 0 Å². The van der Waals surface area contributed by atoms with Crippen molar-refractivity contribution in [1.82, 2.24) is 0 Å². The molecule has 3 heteroatoms. The lowest BCUT2D eigenvalue weighted by atomic mass is 9.93. The van der Waals surface area contributed by atoms with Gasteiger partial charge in [0.2, 0.25) is 0 Å². The molecule has 0 unspecified atom stereocenters. The molecule has 0 bridgehead atoms. The predicted molar refractivity (Wildman–Crippen MR) is 92.2 cm³/mol. The largest absolute Gasteiger partial charge is 0.496 e. The van der Waals surface area contributed by atoms with Crippen LogP contribution in [0.3, 0.4) is 0 Å². The van der Waals surface area contributed by atoms with Crippen molar-refractivity contribution < 1.29 is 14.3 Å². The fraction of sp³-hybridized carbons (Fsp3) is 0.450. The average Bonchev–Trinajstić information content (AvgIpc) is 3.37. The number of aryl methyl sites for hydroxylation is 1. The van der Waals surface area contributed by atoms with Gasteiger partial charge in [0.1, 0.15) is 5.75 Å². The van der Waals surface area contributed by atoms with Crippen molar-refractivity contribution in [2.75, 3.05) is 13.7 Å². The Bertz CT molecular complexity index is 729. The van der Waals surface area contributed by atoms with Gasteiger partial charge in [-0.05, 0) is 72.6 Å². The first kappa shape index (κ1) is 15.9. The van der Waals surface area contributed by atoms with Crippen molar-refractivity contribution in [3.05, 3.63) is 41.0 Å². The monoisotopic (exact) mass is 312 g/mol. The Labute approximate surface area is 137 Å². The molecule has 23 heavy (non-hydrogen) atoms. The molecular formula is C20H24O3. The number of esters is 1. The zero-order valence-corrected chi connectivity index (χ0v) is 14.1. The van der Waals surface area contributed by atoms with Gasteiger partial charge in [-0.15, -0.1) is 0 Å². The number of benzene rings is 2. The van der Waals surface area contributed by atoms with Crippen LogP contribution in [0.1, 0.15) is 48.8 Å². The van der Waals surface area contributed by atoms with Crippen molar-refractivity contribution in [1.29, 1.82) is 0 Å². The molecule has 1 fully saturated rings. The maximum Gasteiger partial charge on any atom is 0.306 e. The van der Waals surface area contributed by atoms with Crippen LogP contribution in [0.2, 0.25) is 0 Å². The van der Waals surface area contributed by atoms with E-state index < -0.39 is 0 Å². The van der Waals surface area contributed by atoms with Crippen LogP contribution in [0.5, 0.6) is 5.75 Å². The van der Waals surface area contributed by atoms with Crippen LogP contribution >= 0.6 is 0 Å². The second-order valence-corrected chi connectivity index (χ2v) is 6.25. The van der Waals surface area contributed by atoms with E-state index >= 15 is 0 Å². The smallest absolute Gasteiger partial charge is 0.306 e. The summed E-state index contributed by atoms with van der Waals surface area (Å²) in [5, 5.41) is 2.53. The number of fused-ring (bicyclic) bond motifs is 1. The Hall–Kier alpha value is -2.03. The van der Waals surface area contributed by atoms with Crippen LogP contribution in [0.25, 0.3) is 10.8 Å². The third-order valence-corrected chi connectivity index (χ3v) is 4.59. The summed E-state index contributed by atoms with van der Waals surface area (Å²) in [7, 11) is 1.73. The first-order chi connectivity index (χ1) is 11.1. The molecule has 0 amide bonds. The lowest BCUT2D eigenvalue weighted by molar-refractivity contribution is -0.143. The van der Waals surface area contributed by atoms with Gasteiger partial charge in [-0.1, -0.05) is 18.2 Å². The number of rotatable bonds is 6. The summed E-state index contributed by atoms with van der Waals surface area (Å²) in [5.74, 6) is 1.51. The number of hydrogen-bond acceptors (Lipinski definition) is 3. The predicted octanol–water partition coefficient (Wildman–Crippen LogP) is 4.53. The van der Waals surface area contributed by atoms with Gasteiger partial charge in [-0.2, -0.15) is 0 Å². The highest BCUT2D eigenvalue weighted by atomic mass is 16.5. The van der Waals surface area contributed by atoms with E-state index in [2.05, 4.69) is 31.2 Å². The third-order valence-electron chi connectivity index (χ3n) is 4.59. The molecule has 0 heterocycles. The Morgan fingerprint density at radius 1 is 1.26 bits per heavy atom. The maximum absolute atomic E-state index is 11.5. The molecule has 0 aromatic heterocycles. The zero-order valence-electron chi connectivity index (χ0n) is 14.1. The molecule has 0 radical (unpaired) electrons. The minimum Gasteiger partial charge on any atom is -0.496 e.